The molecular weight excluding hydrogens is 1340 g/mol. The molecule has 11 aromatic carbocycles. The second-order valence-corrected chi connectivity index (χ2v) is 30.5. The second kappa shape index (κ2) is 27.3. The van der Waals surface area contributed by atoms with Gasteiger partial charge >= 0.3 is 0 Å². The normalized spacial score (nSPS) is 14.1. The molecule has 0 saturated heterocycles. The molecular formula is C100H87N5O4+4. The van der Waals surface area contributed by atoms with E-state index < -0.39 is 12.7 Å². The Kier molecular flexibility index (Phi) is 16.0. The Balaban J connectivity index is 0.000000106. The van der Waals surface area contributed by atoms with Crippen molar-refractivity contribution < 1.29 is 41.4 Å². The van der Waals surface area contributed by atoms with Crippen LogP contribution in [0.1, 0.15) is 84.3 Å². The zero-order chi connectivity index (χ0) is 77.9. The number of furan rings is 4. The van der Waals surface area contributed by atoms with Gasteiger partial charge in [0.1, 0.15) is 50.3 Å². The van der Waals surface area contributed by atoms with E-state index in [1.54, 1.807) is 12.1 Å². The number of rotatable bonds is 5. The fourth-order valence-corrected chi connectivity index (χ4v) is 16.7. The molecule has 0 unspecified atom stereocenters. The molecule has 1 saturated carbocycles. The smallest absolute Gasteiger partial charge is 0.260 e. The maximum Gasteiger partial charge on any atom is 0.260 e. The van der Waals surface area contributed by atoms with Crippen LogP contribution in [0.4, 0.5) is 0 Å². The molecule has 0 radical (unpaired) electrons. The highest BCUT2D eigenvalue weighted by Crippen LogP contribution is 2.44. The molecule has 0 aliphatic heterocycles. The summed E-state index contributed by atoms with van der Waals surface area (Å²) in [5.41, 5.74) is 25.8. The van der Waals surface area contributed by atoms with Crippen LogP contribution in [0.2, 0.25) is 0 Å². The molecule has 9 aromatic heterocycles. The van der Waals surface area contributed by atoms with E-state index in [9.17, 15) is 0 Å². The predicted molar refractivity (Wildman–Crippen MR) is 448 cm³/mol. The average molecular weight is 1430 g/mol. The van der Waals surface area contributed by atoms with Crippen LogP contribution in [0.15, 0.2) is 291 Å². The minimum absolute atomic E-state index is 0.341. The summed E-state index contributed by atoms with van der Waals surface area (Å²) in [5.74, 6) is -0.523. The van der Waals surface area contributed by atoms with Gasteiger partial charge in [-0.3, -0.25) is 0 Å². The van der Waals surface area contributed by atoms with Crippen molar-refractivity contribution in [2.24, 2.45) is 33.6 Å². The van der Waals surface area contributed by atoms with E-state index in [4.69, 9.17) is 28.1 Å². The molecule has 0 atom stereocenters. The fourth-order valence-electron chi connectivity index (χ4n) is 16.7. The van der Waals surface area contributed by atoms with E-state index in [0.717, 1.165) is 152 Å². The molecule has 21 rings (SSSR count). The van der Waals surface area contributed by atoms with E-state index in [-0.39, 0.29) is 0 Å². The van der Waals surface area contributed by atoms with Crippen LogP contribution in [0, 0.1) is 40.0 Å². The first kappa shape index (κ1) is 63.7. The highest BCUT2D eigenvalue weighted by molar-refractivity contribution is 6.17. The van der Waals surface area contributed by atoms with Gasteiger partial charge in [-0.15, -0.1) is 0 Å². The van der Waals surface area contributed by atoms with Crippen LogP contribution in [-0.4, -0.2) is 4.98 Å². The quantitative estimate of drug-likeness (QED) is 0.160. The molecule has 1 aliphatic carbocycles. The highest BCUT2D eigenvalue weighted by atomic mass is 16.3. The Morgan fingerprint density at radius 3 is 1.52 bits per heavy atom. The lowest BCUT2D eigenvalue weighted by Gasteiger charge is -2.34. The maximum atomic E-state index is 9.16. The summed E-state index contributed by atoms with van der Waals surface area (Å²) in [4.78, 5) is 4.92. The molecule has 0 amide bonds. The van der Waals surface area contributed by atoms with Crippen LogP contribution >= 0.6 is 0 Å². The minimum atomic E-state index is -2.10. The van der Waals surface area contributed by atoms with Gasteiger partial charge in [-0.2, -0.15) is 18.3 Å². The van der Waals surface area contributed by atoms with E-state index in [2.05, 4.69) is 299 Å². The Morgan fingerprint density at radius 1 is 0.376 bits per heavy atom. The van der Waals surface area contributed by atoms with Gasteiger partial charge in [0.15, 0.2) is 16.7 Å². The van der Waals surface area contributed by atoms with E-state index in [1.807, 2.05) is 50.4 Å². The van der Waals surface area contributed by atoms with Crippen molar-refractivity contribution >= 4 is 131 Å². The van der Waals surface area contributed by atoms with Crippen molar-refractivity contribution in [2.75, 3.05) is 0 Å². The predicted octanol–water partition coefficient (Wildman–Crippen LogP) is 24.5. The third-order valence-electron chi connectivity index (χ3n) is 22.8. The van der Waals surface area contributed by atoms with Crippen molar-refractivity contribution in [1.82, 2.24) is 4.98 Å². The number of benzene rings is 11. The number of hydrogen-bond acceptors (Lipinski definition) is 5. The molecule has 20 aromatic rings. The molecule has 0 bridgehead atoms. The Morgan fingerprint density at radius 2 is 0.881 bits per heavy atom. The molecule has 532 valence electrons. The molecule has 109 heavy (non-hydrogen) atoms. The molecule has 9 heterocycles. The highest BCUT2D eigenvalue weighted by Gasteiger charge is 2.30. The largest absolute Gasteiger partial charge is 0.449 e. The lowest BCUT2D eigenvalue weighted by molar-refractivity contribution is -0.659. The molecule has 1 aliphatic rings. The molecule has 0 N–H and O–H groups in total. The SMILES string of the molecule is Cc1ccccc1-c1cc2c(c[n+]1C)oc1c3ccccc3ccc21.Cc1ccccc1-c1ccc2oc3cc4ccccc4cc3c2[n+]1C.[2H]C([2H])([2H])c1ccc(-c2ccc3oc4ccc5ccccc5c4c3[n+]2C)c(C)c1.[2H]C1(c2ccc3cc4c(nc3c2)oc2c[n+](C)c(-c3ccccc3C)cc24)CCC(C)(C)CC1. The summed E-state index contributed by atoms with van der Waals surface area (Å²) >= 11 is 0. The maximum absolute atomic E-state index is 9.16. The monoisotopic (exact) mass is 1430 g/mol. The van der Waals surface area contributed by atoms with Crippen molar-refractivity contribution in [3.8, 4) is 45.0 Å². The van der Waals surface area contributed by atoms with E-state index >= 15 is 0 Å². The summed E-state index contributed by atoms with van der Waals surface area (Å²) in [6.07, 6.45) is 8.12. The van der Waals surface area contributed by atoms with Gasteiger partial charge in [-0.1, -0.05) is 183 Å². The number of fused-ring (bicyclic) bond motifs is 18. The lowest BCUT2D eigenvalue weighted by atomic mass is 9.71. The number of hydrogen-bond donors (Lipinski definition) is 0. The zero-order valence-electron chi connectivity index (χ0n) is 67.2. The van der Waals surface area contributed by atoms with Crippen LogP contribution in [0.5, 0.6) is 0 Å². The Bertz CT molecular complexity index is 7190. The molecule has 9 heteroatoms. The van der Waals surface area contributed by atoms with Crippen LogP contribution in [0.25, 0.3) is 176 Å². The van der Waals surface area contributed by atoms with Crippen molar-refractivity contribution in [2.45, 2.75) is 80.0 Å². The van der Waals surface area contributed by atoms with Crippen molar-refractivity contribution in [3.05, 3.63) is 307 Å². The molecule has 1 fully saturated rings. The van der Waals surface area contributed by atoms with Crippen molar-refractivity contribution in [3.63, 3.8) is 0 Å². The number of nitrogens with zero attached hydrogens (tertiary/aromatic N) is 5. The third kappa shape index (κ3) is 12.4. The van der Waals surface area contributed by atoms with E-state index in [0.29, 0.717) is 16.7 Å². The summed E-state index contributed by atoms with van der Waals surface area (Å²) in [5, 5.41) is 14.9. The first-order chi connectivity index (χ1) is 54.5. The summed E-state index contributed by atoms with van der Waals surface area (Å²) in [6.45, 7) is 10.9. The topological polar surface area (TPSA) is 81.0 Å². The third-order valence-corrected chi connectivity index (χ3v) is 22.8. The first-order valence-electron chi connectivity index (χ1n) is 39.7. The van der Waals surface area contributed by atoms with Crippen molar-refractivity contribution in [1.29, 1.82) is 0 Å². The minimum Gasteiger partial charge on any atom is -0.449 e. The lowest BCUT2D eigenvalue weighted by Crippen LogP contribution is -2.31. The van der Waals surface area contributed by atoms with E-state index in [1.165, 1.54) is 71.7 Å². The van der Waals surface area contributed by atoms with Crippen LogP contribution < -0.4 is 18.3 Å². The van der Waals surface area contributed by atoms with Gasteiger partial charge in [-0.25, -0.2) is 4.98 Å². The summed E-state index contributed by atoms with van der Waals surface area (Å²) in [7, 11) is 8.29. The number of aromatic nitrogens is 5. The average Bonchev–Trinajstić information content (AvgIpc) is 1.61. The van der Waals surface area contributed by atoms with Gasteiger partial charge in [-0.05, 0) is 199 Å². The second-order valence-electron chi connectivity index (χ2n) is 30.5. The van der Waals surface area contributed by atoms with Crippen LogP contribution in [0.3, 0.4) is 0 Å². The number of aryl methyl sites for hydroxylation is 9. The standard InChI is InChI=1S/C30H31N2O.C24H20NO.2C23H18NO/c1-19-7-5-6-8-23(19)27-17-24-25-15-22-10-9-21(20-11-13-30(2,3)14-12-20)16-26(22)31-29(25)33-28(24)18-32(27)4;1-15-8-10-18(16(2)14-15)20-11-13-22-24(25(20)3)23-19-7-5-4-6-17(19)9-12-21(23)26-22;1-15-7-3-6-10-18(15)20-11-12-21-23(24(20)2)19-13-16-8-4-5-9-17(16)14-22(19)25-21;1-15-7-3-5-9-17(15)21-13-20-19-12-11-16-8-4-6-10-18(16)23(19)25-22(20)14-24(21)2/h5-10,15-18,20H,11-14H2,1-4H3;4-14H,1-3H3;2*3-14H,1-2H3/q4*+1/i20D;1D3;;. The first-order valence-corrected chi connectivity index (χ1v) is 37.7. The molecule has 9 nitrogen and oxygen atoms in total. The van der Waals surface area contributed by atoms with Gasteiger partial charge in [0.2, 0.25) is 46.5 Å². The number of pyridine rings is 5. The van der Waals surface area contributed by atoms with Gasteiger partial charge in [0.25, 0.3) is 11.0 Å². The Labute approximate surface area is 639 Å². The Hall–Kier alpha value is -12.6. The summed E-state index contributed by atoms with van der Waals surface area (Å²) in [6, 6.07) is 90.1. The van der Waals surface area contributed by atoms with Crippen LogP contribution in [-0.2, 0) is 28.2 Å². The molecule has 0 spiro atoms. The van der Waals surface area contributed by atoms with Gasteiger partial charge in [0.05, 0.1) is 10.9 Å². The summed E-state index contributed by atoms with van der Waals surface area (Å²) < 4.78 is 65.5. The fraction of sp³-hybridized carbons (Fsp3) is 0.170. The van der Waals surface area contributed by atoms with Gasteiger partial charge in [0, 0.05) is 84.3 Å². The zero-order valence-corrected chi connectivity index (χ0v) is 63.2. The van der Waals surface area contributed by atoms with Gasteiger partial charge < -0.3 is 17.7 Å².